The van der Waals surface area contributed by atoms with Crippen LogP contribution in [0.1, 0.15) is 11.1 Å². The number of benzene rings is 1. The number of nitrogens with zero attached hydrogens (tertiary/aromatic N) is 2. The third kappa shape index (κ3) is 2.24. The Morgan fingerprint density at radius 3 is 2.71 bits per heavy atom. The Hall–Kier alpha value is -1.61. The van der Waals surface area contributed by atoms with Crippen molar-refractivity contribution < 1.29 is 4.74 Å². The third-order valence-electron chi connectivity index (χ3n) is 2.77. The van der Waals surface area contributed by atoms with Gasteiger partial charge in [-0.1, -0.05) is 11.6 Å². The summed E-state index contributed by atoms with van der Waals surface area (Å²) < 4.78 is 5.32. The average molecular weight is 249 g/mol. The normalized spacial score (nSPS) is 10.4. The Morgan fingerprint density at radius 2 is 2.00 bits per heavy atom. The number of ether oxygens (including phenoxy) is 1. The van der Waals surface area contributed by atoms with E-state index < -0.39 is 0 Å². The molecule has 1 heterocycles. The van der Waals surface area contributed by atoms with Crippen LogP contribution in [0.4, 0.5) is 0 Å². The Morgan fingerprint density at radius 1 is 1.24 bits per heavy atom. The van der Waals surface area contributed by atoms with Crippen LogP contribution in [0, 0.1) is 13.8 Å². The van der Waals surface area contributed by atoms with E-state index in [1.54, 1.807) is 19.4 Å². The lowest BCUT2D eigenvalue weighted by atomic mass is 10.0. The van der Waals surface area contributed by atoms with Crippen LogP contribution in [-0.4, -0.2) is 17.3 Å². The molecule has 0 bridgehead atoms. The van der Waals surface area contributed by atoms with E-state index in [1.807, 2.05) is 26.0 Å². The van der Waals surface area contributed by atoms with Gasteiger partial charge < -0.3 is 4.74 Å². The molecule has 1 aromatic carbocycles. The van der Waals surface area contributed by atoms with Gasteiger partial charge in [-0.05, 0) is 43.2 Å². The van der Waals surface area contributed by atoms with Crippen molar-refractivity contribution in [2.75, 3.05) is 7.11 Å². The zero-order valence-electron chi connectivity index (χ0n) is 9.99. The van der Waals surface area contributed by atoms with E-state index in [1.165, 1.54) is 0 Å². The minimum absolute atomic E-state index is 0.656. The second kappa shape index (κ2) is 4.72. The van der Waals surface area contributed by atoms with Crippen LogP contribution >= 0.6 is 11.6 Å². The minimum atomic E-state index is 0.656. The lowest BCUT2D eigenvalue weighted by molar-refractivity contribution is 0.416. The minimum Gasteiger partial charge on any atom is -0.496 e. The lowest BCUT2D eigenvalue weighted by Gasteiger charge is -2.11. The molecule has 0 aliphatic rings. The number of aromatic nitrogens is 2. The van der Waals surface area contributed by atoms with Crippen molar-refractivity contribution in [2.45, 2.75) is 13.8 Å². The first-order valence-electron chi connectivity index (χ1n) is 5.26. The Balaban J connectivity index is 2.67. The maximum atomic E-state index is 6.01. The molecule has 4 heteroatoms. The van der Waals surface area contributed by atoms with Crippen molar-refractivity contribution in [1.29, 1.82) is 0 Å². The number of hydrogen-bond donors (Lipinski definition) is 0. The van der Waals surface area contributed by atoms with Gasteiger partial charge in [0.15, 0.2) is 0 Å². The number of hydrogen-bond acceptors (Lipinski definition) is 3. The highest BCUT2D eigenvalue weighted by Gasteiger charge is 2.12. The van der Waals surface area contributed by atoms with Crippen molar-refractivity contribution in [3.8, 4) is 17.0 Å². The number of aryl methyl sites for hydroxylation is 1. The molecule has 0 atom stereocenters. The summed E-state index contributed by atoms with van der Waals surface area (Å²) in [6.45, 7) is 4.02. The molecular formula is C13H13ClN2O. The highest BCUT2D eigenvalue weighted by Crippen LogP contribution is 2.33. The molecule has 2 rings (SSSR count). The Kier molecular flexibility index (Phi) is 3.29. The van der Waals surface area contributed by atoms with Crippen LogP contribution in [0.25, 0.3) is 11.3 Å². The van der Waals surface area contributed by atoms with Crippen LogP contribution in [0.3, 0.4) is 0 Å². The van der Waals surface area contributed by atoms with Gasteiger partial charge in [0.05, 0.1) is 19.0 Å². The molecule has 1 aromatic heterocycles. The van der Waals surface area contributed by atoms with Crippen LogP contribution < -0.4 is 4.74 Å². The van der Waals surface area contributed by atoms with Gasteiger partial charge in [-0.15, -0.1) is 0 Å². The Labute approximate surface area is 105 Å². The fourth-order valence-corrected chi connectivity index (χ4v) is 1.83. The monoisotopic (exact) mass is 248 g/mol. The fourth-order valence-electron chi connectivity index (χ4n) is 1.65. The van der Waals surface area contributed by atoms with Crippen LogP contribution in [0.5, 0.6) is 5.75 Å². The van der Waals surface area contributed by atoms with Crippen molar-refractivity contribution in [2.24, 2.45) is 0 Å². The molecule has 17 heavy (non-hydrogen) atoms. The summed E-state index contributed by atoms with van der Waals surface area (Å²) in [4.78, 5) is 0. The first-order chi connectivity index (χ1) is 8.13. The van der Waals surface area contributed by atoms with Crippen molar-refractivity contribution in [3.63, 3.8) is 0 Å². The molecule has 0 saturated heterocycles. The van der Waals surface area contributed by atoms with Crippen molar-refractivity contribution in [1.82, 2.24) is 10.2 Å². The maximum absolute atomic E-state index is 6.01. The van der Waals surface area contributed by atoms with Gasteiger partial charge in [-0.25, -0.2) is 0 Å². The lowest BCUT2D eigenvalue weighted by Crippen LogP contribution is -1.96. The van der Waals surface area contributed by atoms with Crippen molar-refractivity contribution >= 4 is 11.6 Å². The highest BCUT2D eigenvalue weighted by atomic mass is 35.5. The molecule has 0 amide bonds. The van der Waals surface area contributed by atoms with Gasteiger partial charge in [0.25, 0.3) is 0 Å². The number of methoxy groups -OCH3 is 1. The van der Waals surface area contributed by atoms with Gasteiger partial charge in [0, 0.05) is 10.6 Å². The predicted molar refractivity (Wildman–Crippen MR) is 68.5 cm³/mol. The molecule has 0 N–H and O–H groups in total. The summed E-state index contributed by atoms with van der Waals surface area (Å²) in [5.41, 5.74) is 3.86. The molecule has 0 radical (unpaired) electrons. The second-order valence-corrected chi connectivity index (χ2v) is 4.28. The molecule has 88 valence electrons. The standard InChI is InChI=1S/C13H13ClN2O/c1-8-7-15-16-13(9(8)2)11-6-10(14)4-5-12(11)17-3/h4-7H,1-3H3. The zero-order chi connectivity index (χ0) is 12.4. The van der Waals surface area contributed by atoms with Crippen LogP contribution in [-0.2, 0) is 0 Å². The maximum Gasteiger partial charge on any atom is 0.128 e. The fraction of sp³-hybridized carbons (Fsp3) is 0.231. The molecule has 0 fully saturated rings. The summed E-state index contributed by atoms with van der Waals surface area (Å²) in [5, 5.41) is 8.80. The summed E-state index contributed by atoms with van der Waals surface area (Å²) in [5.74, 6) is 0.748. The van der Waals surface area contributed by atoms with Crippen LogP contribution in [0.2, 0.25) is 5.02 Å². The van der Waals surface area contributed by atoms with Gasteiger partial charge in [0.2, 0.25) is 0 Å². The predicted octanol–water partition coefficient (Wildman–Crippen LogP) is 3.42. The van der Waals surface area contributed by atoms with E-state index in [-0.39, 0.29) is 0 Å². The van der Waals surface area contributed by atoms with E-state index in [0.717, 1.165) is 28.1 Å². The zero-order valence-corrected chi connectivity index (χ0v) is 10.7. The summed E-state index contributed by atoms with van der Waals surface area (Å²) in [6, 6.07) is 5.47. The molecule has 3 nitrogen and oxygen atoms in total. The van der Waals surface area contributed by atoms with E-state index in [4.69, 9.17) is 16.3 Å². The number of halogens is 1. The third-order valence-corrected chi connectivity index (χ3v) is 3.01. The molecule has 2 aromatic rings. The largest absolute Gasteiger partial charge is 0.496 e. The average Bonchev–Trinajstić information content (AvgIpc) is 2.33. The summed E-state index contributed by atoms with van der Waals surface area (Å²) >= 11 is 6.01. The topological polar surface area (TPSA) is 35.0 Å². The van der Waals surface area contributed by atoms with Crippen LogP contribution in [0.15, 0.2) is 24.4 Å². The Bertz CT molecular complexity index is 555. The first kappa shape index (κ1) is 11.9. The summed E-state index contributed by atoms with van der Waals surface area (Å²) in [7, 11) is 1.63. The quantitative estimate of drug-likeness (QED) is 0.817. The highest BCUT2D eigenvalue weighted by molar-refractivity contribution is 6.31. The van der Waals surface area contributed by atoms with Gasteiger partial charge in [-0.2, -0.15) is 10.2 Å². The number of rotatable bonds is 2. The van der Waals surface area contributed by atoms with E-state index >= 15 is 0 Å². The molecule has 0 aliphatic heterocycles. The SMILES string of the molecule is COc1ccc(Cl)cc1-c1nncc(C)c1C. The first-order valence-corrected chi connectivity index (χ1v) is 5.64. The smallest absolute Gasteiger partial charge is 0.128 e. The molecule has 0 saturated carbocycles. The van der Waals surface area contributed by atoms with E-state index in [2.05, 4.69) is 10.2 Å². The van der Waals surface area contributed by atoms with E-state index in [9.17, 15) is 0 Å². The molecule has 0 spiro atoms. The molecule has 0 aliphatic carbocycles. The van der Waals surface area contributed by atoms with Crippen molar-refractivity contribution in [3.05, 3.63) is 40.5 Å². The second-order valence-electron chi connectivity index (χ2n) is 3.85. The van der Waals surface area contributed by atoms with Gasteiger partial charge in [-0.3, -0.25) is 0 Å². The van der Waals surface area contributed by atoms with Gasteiger partial charge >= 0.3 is 0 Å². The molecular weight excluding hydrogens is 236 g/mol. The van der Waals surface area contributed by atoms with E-state index in [0.29, 0.717) is 5.02 Å². The molecule has 0 unspecified atom stereocenters. The van der Waals surface area contributed by atoms with Gasteiger partial charge in [0.1, 0.15) is 5.75 Å². The summed E-state index contributed by atoms with van der Waals surface area (Å²) in [6.07, 6.45) is 1.75.